The van der Waals surface area contributed by atoms with Gasteiger partial charge in [0.25, 0.3) is 0 Å². The summed E-state index contributed by atoms with van der Waals surface area (Å²) >= 11 is 3.44. The van der Waals surface area contributed by atoms with Crippen LogP contribution in [0.3, 0.4) is 0 Å². The van der Waals surface area contributed by atoms with E-state index in [1.165, 1.54) is 0 Å². The molecule has 1 aromatic carbocycles. The summed E-state index contributed by atoms with van der Waals surface area (Å²) in [6.45, 7) is 3.01. The van der Waals surface area contributed by atoms with E-state index in [0.29, 0.717) is 30.5 Å². The van der Waals surface area contributed by atoms with Gasteiger partial charge in [-0.1, -0.05) is 6.92 Å². The van der Waals surface area contributed by atoms with Gasteiger partial charge in [-0.15, -0.1) is 0 Å². The average Bonchev–Trinajstić information content (AvgIpc) is 2.36. The molecule has 0 aliphatic carbocycles. The number of rotatable bonds is 3. The molecule has 0 fully saturated rings. The number of hydrogen-bond acceptors (Lipinski definition) is 4. The number of benzene rings is 1. The summed E-state index contributed by atoms with van der Waals surface area (Å²) in [6, 6.07) is 1.83. The second-order valence-corrected chi connectivity index (χ2v) is 4.77. The van der Waals surface area contributed by atoms with Crippen LogP contribution in [0.4, 0.5) is 0 Å². The lowest BCUT2D eigenvalue weighted by atomic mass is 9.99. The van der Waals surface area contributed by atoms with Gasteiger partial charge in [-0.3, -0.25) is 0 Å². The van der Waals surface area contributed by atoms with Crippen molar-refractivity contribution in [2.45, 2.75) is 12.8 Å². The Labute approximate surface area is 109 Å². The minimum atomic E-state index is -0.0714. The first kappa shape index (κ1) is 12.5. The van der Waals surface area contributed by atoms with Gasteiger partial charge in [-0.05, 0) is 15.9 Å². The summed E-state index contributed by atoms with van der Waals surface area (Å²) in [5.41, 5.74) is 0.846. The van der Waals surface area contributed by atoms with E-state index in [4.69, 9.17) is 14.2 Å². The van der Waals surface area contributed by atoms with Crippen molar-refractivity contribution >= 4 is 15.9 Å². The minimum absolute atomic E-state index is 0.0304. The zero-order valence-electron chi connectivity index (χ0n) is 9.83. The van der Waals surface area contributed by atoms with Gasteiger partial charge in [0.15, 0.2) is 11.5 Å². The van der Waals surface area contributed by atoms with Gasteiger partial charge in [0.05, 0.1) is 11.6 Å². The van der Waals surface area contributed by atoms with Crippen molar-refractivity contribution in [3.8, 4) is 17.2 Å². The molecule has 94 valence electrons. The Morgan fingerprint density at radius 1 is 1.47 bits per heavy atom. The first-order valence-corrected chi connectivity index (χ1v) is 6.25. The van der Waals surface area contributed by atoms with Crippen molar-refractivity contribution in [3.63, 3.8) is 0 Å². The van der Waals surface area contributed by atoms with Gasteiger partial charge >= 0.3 is 0 Å². The number of hydrogen-bond donors (Lipinski definition) is 1. The lowest BCUT2D eigenvalue weighted by molar-refractivity contribution is 0.166. The molecule has 0 bridgehead atoms. The molecule has 0 amide bonds. The minimum Gasteiger partial charge on any atom is -0.495 e. The van der Waals surface area contributed by atoms with Gasteiger partial charge in [-0.25, -0.2) is 0 Å². The van der Waals surface area contributed by atoms with Crippen LogP contribution in [-0.4, -0.2) is 32.0 Å². The number of fused-ring (bicyclic) bond motifs is 1. The lowest BCUT2D eigenvalue weighted by Crippen LogP contribution is -2.18. The lowest BCUT2D eigenvalue weighted by Gasteiger charge is -2.25. The van der Waals surface area contributed by atoms with Crippen LogP contribution in [0.25, 0.3) is 0 Å². The molecule has 0 aromatic heterocycles. The third-order valence-corrected chi connectivity index (χ3v) is 3.33. The molecular weight excluding hydrogens is 288 g/mol. The van der Waals surface area contributed by atoms with Gasteiger partial charge in [0.2, 0.25) is 0 Å². The molecule has 4 nitrogen and oxygen atoms in total. The SMILES string of the molecule is COc1c(Br)cc2c(c1C(C)CO)OCCO2. The molecule has 0 saturated carbocycles. The quantitative estimate of drug-likeness (QED) is 0.931. The van der Waals surface area contributed by atoms with Crippen LogP contribution in [-0.2, 0) is 0 Å². The maximum atomic E-state index is 9.33. The third kappa shape index (κ3) is 2.21. The standard InChI is InChI=1S/C12H15BrO4/c1-7(6-14)10-11(15-2)8(13)5-9-12(10)17-4-3-16-9/h5,7,14H,3-4,6H2,1-2H3. The van der Waals surface area contributed by atoms with Crippen LogP contribution in [0, 0.1) is 0 Å². The predicted octanol–water partition coefficient (Wildman–Crippen LogP) is 2.32. The predicted molar refractivity (Wildman–Crippen MR) is 67.2 cm³/mol. The van der Waals surface area contributed by atoms with Crippen LogP contribution in [0.15, 0.2) is 10.5 Å². The highest BCUT2D eigenvalue weighted by Crippen LogP contribution is 2.47. The van der Waals surface area contributed by atoms with Gasteiger partial charge in [0, 0.05) is 24.2 Å². The van der Waals surface area contributed by atoms with Crippen molar-refractivity contribution in [2.75, 3.05) is 26.9 Å². The second kappa shape index (κ2) is 5.14. The maximum Gasteiger partial charge on any atom is 0.168 e. The van der Waals surface area contributed by atoms with Crippen molar-refractivity contribution in [2.24, 2.45) is 0 Å². The fraction of sp³-hybridized carbons (Fsp3) is 0.500. The molecule has 1 N–H and O–H groups in total. The fourth-order valence-electron chi connectivity index (χ4n) is 1.91. The van der Waals surface area contributed by atoms with E-state index in [9.17, 15) is 5.11 Å². The molecule has 1 aliphatic heterocycles. The van der Waals surface area contributed by atoms with E-state index < -0.39 is 0 Å². The fourth-order valence-corrected chi connectivity index (χ4v) is 2.49. The second-order valence-electron chi connectivity index (χ2n) is 3.91. The molecule has 1 heterocycles. The van der Waals surface area contributed by atoms with E-state index in [1.807, 2.05) is 13.0 Å². The molecule has 0 spiro atoms. The van der Waals surface area contributed by atoms with E-state index in [2.05, 4.69) is 15.9 Å². The Balaban J connectivity index is 2.61. The Bertz CT molecular complexity index is 419. The van der Waals surface area contributed by atoms with Crippen LogP contribution >= 0.6 is 15.9 Å². The van der Waals surface area contributed by atoms with Crippen LogP contribution in [0.1, 0.15) is 18.4 Å². The van der Waals surface area contributed by atoms with E-state index >= 15 is 0 Å². The van der Waals surface area contributed by atoms with Gasteiger partial charge < -0.3 is 19.3 Å². The normalized spacial score (nSPS) is 15.5. The Morgan fingerprint density at radius 3 is 2.82 bits per heavy atom. The van der Waals surface area contributed by atoms with Crippen molar-refractivity contribution in [1.82, 2.24) is 0 Å². The molecule has 1 aromatic rings. The average molecular weight is 303 g/mol. The zero-order chi connectivity index (χ0) is 12.4. The van der Waals surface area contributed by atoms with Crippen LogP contribution < -0.4 is 14.2 Å². The smallest absolute Gasteiger partial charge is 0.168 e. The summed E-state index contributed by atoms with van der Waals surface area (Å²) in [6.07, 6.45) is 0. The topological polar surface area (TPSA) is 47.9 Å². The van der Waals surface area contributed by atoms with Gasteiger partial charge in [-0.2, -0.15) is 0 Å². The summed E-state index contributed by atoms with van der Waals surface area (Å²) in [5.74, 6) is 1.99. The monoisotopic (exact) mass is 302 g/mol. The van der Waals surface area contributed by atoms with E-state index in [1.54, 1.807) is 7.11 Å². The Morgan fingerprint density at radius 2 is 2.18 bits per heavy atom. The molecule has 5 heteroatoms. The molecule has 1 atom stereocenters. The van der Waals surface area contributed by atoms with Crippen molar-refractivity contribution in [1.29, 1.82) is 0 Å². The highest BCUT2D eigenvalue weighted by molar-refractivity contribution is 9.10. The first-order valence-electron chi connectivity index (χ1n) is 5.45. The Hall–Kier alpha value is -0.940. The number of aliphatic hydroxyl groups is 1. The molecule has 2 rings (SSSR count). The van der Waals surface area contributed by atoms with Crippen molar-refractivity contribution in [3.05, 3.63) is 16.1 Å². The third-order valence-electron chi connectivity index (χ3n) is 2.75. The maximum absolute atomic E-state index is 9.33. The summed E-state index contributed by atoms with van der Waals surface area (Å²) in [5, 5.41) is 9.33. The number of ether oxygens (including phenoxy) is 3. The summed E-state index contributed by atoms with van der Waals surface area (Å²) in [7, 11) is 1.60. The number of aliphatic hydroxyl groups excluding tert-OH is 1. The highest BCUT2D eigenvalue weighted by Gasteiger charge is 2.26. The molecule has 1 aliphatic rings. The summed E-state index contributed by atoms with van der Waals surface area (Å²) < 4.78 is 17.4. The molecule has 0 radical (unpaired) electrons. The van der Waals surface area contributed by atoms with E-state index in [-0.39, 0.29) is 12.5 Å². The van der Waals surface area contributed by atoms with Crippen LogP contribution in [0.5, 0.6) is 17.2 Å². The number of methoxy groups -OCH3 is 1. The highest BCUT2D eigenvalue weighted by atomic mass is 79.9. The van der Waals surface area contributed by atoms with Crippen LogP contribution in [0.2, 0.25) is 0 Å². The molecule has 17 heavy (non-hydrogen) atoms. The molecule has 0 saturated heterocycles. The number of halogens is 1. The summed E-state index contributed by atoms with van der Waals surface area (Å²) in [4.78, 5) is 0. The van der Waals surface area contributed by atoms with E-state index in [0.717, 1.165) is 10.0 Å². The van der Waals surface area contributed by atoms with Gasteiger partial charge in [0.1, 0.15) is 19.0 Å². The zero-order valence-corrected chi connectivity index (χ0v) is 11.4. The van der Waals surface area contributed by atoms with Crippen molar-refractivity contribution < 1.29 is 19.3 Å². The largest absolute Gasteiger partial charge is 0.495 e. The first-order chi connectivity index (χ1) is 8.19. The Kier molecular flexibility index (Phi) is 3.79. The molecule has 1 unspecified atom stereocenters. The molecular formula is C12H15BrO4.